The quantitative estimate of drug-likeness (QED) is 0.261. The van der Waals surface area contributed by atoms with Gasteiger partial charge < -0.3 is 0 Å². The second-order valence-electron chi connectivity index (χ2n) is 1.04. The highest BCUT2D eigenvalue weighted by molar-refractivity contribution is 4.18. The van der Waals surface area contributed by atoms with Gasteiger partial charge in [-0.25, -0.2) is 9.28 Å². The third-order valence-corrected chi connectivity index (χ3v) is 0.314. The van der Waals surface area contributed by atoms with E-state index in [2.05, 4.69) is 9.78 Å². The molecule has 0 aliphatic heterocycles. The molecule has 0 N–H and O–H groups in total. The van der Waals surface area contributed by atoms with Crippen LogP contribution >= 0.6 is 0 Å². The van der Waals surface area contributed by atoms with Crippen LogP contribution in [0.2, 0.25) is 0 Å². The fraction of sp³-hybridized carbons (Fsp3) is 1.00. The Hall–Kier alpha value is -0.360. The van der Waals surface area contributed by atoms with Crippen molar-refractivity contribution in [3.8, 4) is 0 Å². The van der Waals surface area contributed by atoms with Crippen molar-refractivity contribution in [2.24, 2.45) is 0 Å². The Labute approximate surface area is 48.3 Å². The lowest BCUT2D eigenvalue weighted by Gasteiger charge is -2.03. The van der Waals surface area contributed by atoms with Crippen LogP contribution in [0, 0.1) is 0 Å². The fourth-order valence-electron chi connectivity index (χ4n) is 0.140. The van der Waals surface area contributed by atoms with E-state index in [4.69, 9.17) is 0 Å². The van der Waals surface area contributed by atoms with Gasteiger partial charge in [-0.05, 0) is 0 Å². The zero-order chi connectivity index (χ0) is 7.33. The van der Waals surface area contributed by atoms with Crippen molar-refractivity contribution in [1.29, 1.82) is 0 Å². The summed E-state index contributed by atoms with van der Waals surface area (Å²) in [5.41, 5.74) is 0. The summed E-state index contributed by atoms with van der Waals surface area (Å²) in [4.78, 5) is 6.08. The molecule has 0 unspecified atom stereocenters. The molecular weight excluding hydrogens is 144 g/mol. The Morgan fingerprint density at radius 2 is 1.78 bits per heavy atom. The fourth-order valence-corrected chi connectivity index (χ4v) is 0.140. The van der Waals surface area contributed by atoms with Gasteiger partial charge in [-0.1, -0.05) is 0 Å². The molecule has 0 aromatic carbocycles. The zero-order valence-corrected chi connectivity index (χ0v) is 4.24. The average Bonchev–Trinajstić information content (AvgIpc) is 1.63. The molecule has 0 heterocycles. The zero-order valence-electron chi connectivity index (χ0n) is 4.24. The molecule has 0 aromatic heterocycles. The molecule has 0 spiro atoms. The highest BCUT2D eigenvalue weighted by Crippen LogP contribution is 2.15. The van der Waals surface area contributed by atoms with Gasteiger partial charge in [0.25, 0.3) is 0 Å². The first kappa shape index (κ1) is 8.64. The molecule has 0 aliphatic rings. The monoisotopic (exact) mass is 148 g/mol. The van der Waals surface area contributed by atoms with Crippen LogP contribution in [0.3, 0.4) is 0 Å². The third-order valence-electron chi connectivity index (χ3n) is 0.314. The molecular formula is C3H4F4O2. The molecule has 6 heteroatoms. The topological polar surface area (TPSA) is 18.5 Å². The highest BCUT2D eigenvalue weighted by atomic mass is 19.4. The summed E-state index contributed by atoms with van der Waals surface area (Å²) in [7, 11) is 0. The van der Waals surface area contributed by atoms with Crippen LogP contribution in [-0.2, 0) is 9.78 Å². The van der Waals surface area contributed by atoms with Gasteiger partial charge in [0.2, 0.25) is 0 Å². The summed E-state index contributed by atoms with van der Waals surface area (Å²) in [6, 6.07) is 0. The third kappa shape index (κ3) is 7.64. The summed E-state index contributed by atoms with van der Waals surface area (Å²) >= 11 is 0. The highest BCUT2D eigenvalue weighted by Gasteiger charge is 2.30. The minimum Gasteiger partial charge on any atom is -0.248 e. The molecule has 0 saturated heterocycles. The van der Waals surface area contributed by atoms with Crippen LogP contribution < -0.4 is 0 Å². The summed E-state index contributed by atoms with van der Waals surface area (Å²) < 4.78 is 43.7. The minimum absolute atomic E-state index is 0.709. The maximum absolute atomic E-state index is 11.0. The van der Waals surface area contributed by atoms with Gasteiger partial charge in [-0.2, -0.15) is 0 Å². The Bertz CT molecular complexity index is 70.7. The van der Waals surface area contributed by atoms with Crippen molar-refractivity contribution < 1.29 is 27.3 Å². The molecule has 0 amide bonds. The Morgan fingerprint density at radius 3 is 2.11 bits per heavy atom. The van der Waals surface area contributed by atoms with Crippen LogP contribution in [0.15, 0.2) is 0 Å². The molecule has 9 heavy (non-hydrogen) atoms. The lowest BCUT2D eigenvalue weighted by atomic mass is 10.8. The van der Waals surface area contributed by atoms with E-state index in [9.17, 15) is 17.6 Å². The number of hydrogen-bond acceptors (Lipinski definition) is 2. The summed E-state index contributed by atoms with van der Waals surface area (Å²) in [5.74, 6) is 0. The van der Waals surface area contributed by atoms with Crippen LogP contribution in [0.1, 0.15) is 0 Å². The van der Waals surface area contributed by atoms with Crippen LogP contribution in [0.4, 0.5) is 17.6 Å². The second-order valence-corrected chi connectivity index (χ2v) is 1.04. The number of hydrogen-bond donors (Lipinski definition) is 0. The van der Waals surface area contributed by atoms with E-state index in [1.54, 1.807) is 0 Å². The predicted octanol–water partition coefficient (Wildman–Crippen LogP) is 1.42. The smallest absolute Gasteiger partial charge is 0.248 e. The van der Waals surface area contributed by atoms with E-state index in [0.29, 0.717) is 0 Å². The van der Waals surface area contributed by atoms with Crippen molar-refractivity contribution in [1.82, 2.24) is 0 Å². The van der Waals surface area contributed by atoms with E-state index in [0.717, 1.165) is 0 Å². The minimum atomic E-state index is -4.84. The molecule has 0 fully saturated rings. The standard InChI is InChI=1S/C3H4F4O2/c4-1-2-8-9-3(5,6)7/h1-2H2. The van der Waals surface area contributed by atoms with Crippen LogP contribution in [0.5, 0.6) is 0 Å². The molecule has 0 aliphatic carbocycles. The molecule has 2 nitrogen and oxygen atoms in total. The Balaban J connectivity index is 3.07. The lowest BCUT2D eigenvalue weighted by Crippen LogP contribution is -2.14. The first-order chi connectivity index (χ1) is 4.06. The van der Waals surface area contributed by atoms with Gasteiger partial charge in [0, 0.05) is 0 Å². The summed E-state index contributed by atoms with van der Waals surface area (Å²) in [5, 5.41) is 0. The van der Waals surface area contributed by atoms with Crippen LogP contribution in [0.25, 0.3) is 0 Å². The van der Waals surface area contributed by atoms with E-state index in [1.807, 2.05) is 0 Å². The normalized spacial score (nSPS) is 12.0. The van der Waals surface area contributed by atoms with E-state index in [-0.39, 0.29) is 0 Å². The lowest BCUT2D eigenvalue weighted by molar-refractivity contribution is -0.484. The van der Waals surface area contributed by atoms with Crippen molar-refractivity contribution in [3.63, 3.8) is 0 Å². The van der Waals surface area contributed by atoms with Gasteiger partial charge >= 0.3 is 6.36 Å². The average molecular weight is 148 g/mol. The molecule has 0 saturated carbocycles. The number of halogens is 4. The van der Waals surface area contributed by atoms with E-state index >= 15 is 0 Å². The van der Waals surface area contributed by atoms with Gasteiger partial charge in [0.05, 0.1) is 0 Å². The Kier molecular flexibility index (Phi) is 3.48. The molecule has 56 valence electrons. The summed E-state index contributed by atoms with van der Waals surface area (Å²) in [6.45, 7) is -1.71. The first-order valence-corrected chi connectivity index (χ1v) is 1.99. The molecule has 0 atom stereocenters. The van der Waals surface area contributed by atoms with Gasteiger partial charge in [-0.3, -0.25) is 0 Å². The number of alkyl halides is 4. The first-order valence-electron chi connectivity index (χ1n) is 1.99. The van der Waals surface area contributed by atoms with Crippen molar-refractivity contribution >= 4 is 0 Å². The maximum Gasteiger partial charge on any atom is 0.549 e. The van der Waals surface area contributed by atoms with Crippen molar-refractivity contribution in [2.45, 2.75) is 6.36 Å². The maximum atomic E-state index is 11.0. The molecule has 0 radical (unpaired) electrons. The number of rotatable bonds is 3. The Morgan fingerprint density at radius 1 is 1.22 bits per heavy atom. The second kappa shape index (κ2) is 3.62. The largest absolute Gasteiger partial charge is 0.549 e. The van der Waals surface area contributed by atoms with Gasteiger partial charge in [0.15, 0.2) is 0 Å². The predicted molar refractivity (Wildman–Crippen MR) is 19.1 cm³/mol. The van der Waals surface area contributed by atoms with E-state index in [1.165, 1.54) is 0 Å². The molecule has 0 aromatic rings. The molecule has 0 rings (SSSR count). The SMILES string of the molecule is FCCOOC(F)(F)F. The van der Waals surface area contributed by atoms with E-state index < -0.39 is 19.6 Å². The van der Waals surface area contributed by atoms with Crippen LogP contribution in [-0.4, -0.2) is 19.6 Å². The van der Waals surface area contributed by atoms with Gasteiger partial charge in [-0.15, -0.1) is 18.1 Å². The van der Waals surface area contributed by atoms with Crippen molar-refractivity contribution in [2.75, 3.05) is 13.3 Å². The van der Waals surface area contributed by atoms with Crippen molar-refractivity contribution in [3.05, 3.63) is 0 Å². The summed E-state index contributed by atoms with van der Waals surface area (Å²) in [6.07, 6.45) is -4.84. The molecule has 0 bridgehead atoms. The van der Waals surface area contributed by atoms with Gasteiger partial charge in [0.1, 0.15) is 13.3 Å².